The standard InChI is InChI=1S/C18H23BN6O5/c26-16(9-15-22-23-24-25(15)10-11-4-6-20-7-5-11)21-14-8-12-2-1-3-13(18(27)28)17(12)30-19(14)29/h1-3,11,14,20,29H,4-10H2,(H,21,26)(H,27,28)/t14-/m0/s1. The van der Waals surface area contributed by atoms with Gasteiger partial charge in [0.05, 0.1) is 17.9 Å². The van der Waals surface area contributed by atoms with E-state index in [-0.39, 0.29) is 30.1 Å². The lowest BCUT2D eigenvalue weighted by atomic mass is 9.72. The summed E-state index contributed by atoms with van der Waals surface area (Å²) in [5.41, 5.74) is 0.592. The van der Waals surface area contributed by atoms with Gasteiger partial charge in [-0.1, -0.05) is 12.1 Å². The molecule has 11 nitrogen and oxygen atoms in total. The van der Waals surface area contributed by atoms with Crippen molar-refractivity contribution in [2.24, 2.45) is 5.92 Å². The van der Waals surface area contributed by atoms with Crippen LogP contribution in [0.3, 0.4) is 0 Å². The third kappa shape index (κ3) is 4.44. The zero-order chi connectivity index (χ0) is 21.1. The summed E-state index contributed by atoms with van der Waals surface area (Å²) >= 11 is 0. The van der Waals surface area contributed by atoms with Gasteiger partial charge in [0.2, 0.25) is 5.91 Å². The van der Waals surface area contributed by atoms with Gasteiger partial charge in [0.25, 0.3) is 0 Å². The molecule has 1 amide bonds. The second-order valence-corrected chi connectivity index (χ2v) is 7.63. The lowest BCUT2D eigenvalue weighted by Gasteiger charge is -2.28. The van der Waals surface area contributed by atoms with Crippen molar-refractivity contribution in [3.63, 3.8) is 0 Å². The molecule has 4 rings (SSSR count). The van der Waals surface area contributed by atoms with E-state index in [1.54, 1.807) is 16.8 Å². The summed E-state index contributed by atoms with van der Waals surface area (Å²) in [5, 5.41) is 37.3. The average molecular weight is 414 g/mol. The number of carbonyl (C=O) groups is 2. The number of aromatic carboxylic acids is 1. The maximum Gasteiger partial charge on any atom is 0.547 e. The molecular formula is C18H23BN6O5. The van der Waals surface area contributed by atoms with E-state index < -0.39 is 19.0 Å². The summed E-state index contributed by atoms with van der Waals surface area (Å²) < 4.78 is 7.07. The summed E-state index contributed by atoms with van der Waals surface area (Å²) in [6.45, 7) is 2.60. The van der Waals surface area contributed by atoms with Crippen LogP contribution in [-0.2, 0) is 24.2 Å². The molecule has 1 saturated heterocycles. The molecule has 2 aliphatic heterocycles. The predicted molar refractivity (Wildman–Crippen MR) is 105 cm³/mol. The van der Waals surface area contributed by atoms with Crippen LogP contribution < -0.4 is 15.3 Å². The molecule has 30 heavy (non-hydrogen) atoms. The van der Waals surface area contributed by atoms with Crippen LogP contribution in [-0.4, -0.2) is 68.4 Å². The average Bonchev–Trinajstić information content (AvgIpc) is 3.15. The highest BCUT2D eigenvalue weighted by Crippen LogP contribution is 2.30. The van der Waals surface area contributed by atoms with Gasteiger partial charge in [-0.2, -0.15) is 0 Å². The molecule has 1 atom stereocenters. The Morgan fingerprint density at radius 2 is 2.13 bits per heavy atom. The first-order valence-electron chi connectivity index (χ1n) is 9.96. The Morgan fingerprint density at radius 1 is 1.33 bits per heavy atom. The van der Waals surface area contributed by atoms with Crippen molar-refractivity contribution in [1.29, 1.82) is 0 Å². The van der Waals surface area contributed by atoms with Crippen LogP contribution in [0.5, 0.6) is 5.75 Å². The monoisotopic (exact) mass is 414 g/mol. The number of fused-ring (bicyclic) bond motifs is 1. The molecule has 158 valence electrons. The summed E-state index contributed by atoms with van der Waals surface area (Å²) in [7, 11) is -1.35. The first-order chi connectivity index (χ1) is 14.5. The van der Waals surface area contributed by atoms with Crippen molar-refractivity contribution < 1.29 is 24.4 Å². The van der Waals surface area contributed by atoms with Gasteiger partial charge in [0.15, 0.2) is 5.82 Å². The van der Waals surface area contributed by atoms with E-state index >= 15 is 0 Å². The van der Waals surface area contributed by atoms with Crippen molar-refractivity contribution in [3.05, 3.63) is 35.2 Å². The molecule has 1 aromatic carbocycles. The molecule has 1 aromatic heterocycles. The van der Waals surface area contributed by atoms with E-state index in [1.807, 2.05) is 0 Å². The van der Waals surface area contributed by atoms with Crippen molar-refractivity contribution in [1.82, 2.24) is 30.8 Å². The fraction of sp³-hybridized carbons (Fsp3) is 0.500. The second kappa shape index (κ2) is 8.80. The zero-order valence-electron chi connectivity index (χ0n) is 16.3. The highest BCUT2D eigenvalue weighted by Gasteiger charge is 2.37. The van der Waals surface area contributed by atoms with Crippen LogP contribution in [0, 0.1) is 5.92 Å². The van der Waals surface area contributed by atoms with Crippen LogP contribution in [0.2, 0.25) is 0 Å². The van der Waals surface area contributed by atoms with Gasteiger partial charge in [-0.15, -0.1) is 5.10 Å². The molecule has 0 radical (unpaired) electrons. The van der Waals surface area contributed by atoms with Crippen molar-refractivity contribution in [3.8, 4) is 5.75 Å². The largest absolute Gasteiger partial charge is 0.547 e. The van der Waals surface area contributed by atoms with Gasteiger partial charge in [-0.3, -0.25) is 4.79 Å². The normalized spacial score (nSPS) is 19.1. The Kier molecular flexibility index (Phi) is 5.95. The second-order valence-electron chi connectivity index (χ2n) is 7.63. The lowest BCUT2D eigenvalue weighted by molar-refractivity contribution is -0.121. The number of nitrogens with zero attached hydrogens (tertiary/aromatic N) is 4. The van der Waals surface area contributed by atoms with Gasteiger partial charge in [-0.25, -0.2) is 9.48 Å². The van der Waals surface area contributed by atoms with Crippen molar-refractivity contribution in [2.45, 2.75) is 38.2 Å². The van der Waals surface area contributed by atoms with E-state index in [0.717, 1.165) is 25.9 Å². The fourth-order valence-corrected chi connectivity index (χ4v) is 3.92. The summed E-state index contributed by atoms with van der Waals surface area (Å²) in [4.78, 5) is 23.9. The third-order valence-corrected chi connectivity index (χ3v) is 5.51. The zero-order valence-corrected chi connectivity index (χ0v) is 16.3. The van der Waals surface area contributed by atoms with E-state index in [9.17, 15) is 19.7 Å². The van der Waals surface area contributed by atoms with E-state index in [4.69, 9.17) is 4.65 Å². The van der Waals surface area contributed by atoms with Gasteiger partial charge in [-0.05, 0) is 60.3 Å². The first kappa shape index (κ1) is 20.3. The first-order valence-corrected chi connectivity index (χ1v) is 9.96. The molecule has 0 aliphatic carbocycles. The minimum absolute atomic E-state index is 0.0200. The van der Waals surface area contributed by atoms with Gasteiger partial charge < -0.3 is 25.4 Å². The Labute approximate surface area is 172 Å². The lowest BCUT2D eigenvalue weighted by Crippen LogP contribution is -2.53. The number of amides is 1. The van der Waals surface area contributed by atoms with Crippen LogP contribution >= 0.6 is 0 Å². The number of nitrogens with one attached hydrogen (secondary N) is 2. The molecule has 0 spiro atoms. The SMILES string of the molecule is O=C(Cc1nnnn1CC1CCNCC1)N[C@H]1Cc2cccc(C(=O)O)c2OB1O. The fourth-order valence-electron chi connectivity index (χ4n) is 3.92. The maximum absolute atomic E-state index is 12.6. The summed E-state index contributed by atoms with van der Waals surface area (Å²) in [6.07, 6.45) is 2.30. The number of carboxylic acid groups (broad SMARTS) is 1. The number of para-hydroxylation sites is 1. The van der Waals surface area contributed by atoms with Crippen LogP contribution in [0.15, 0.2) is 18.2 Å². The maximum atomic E-state index is 12.6. The van der Waals surface area contributed by atoms with Gasteiger partial charge >= 0.3 is 13.1 Å². The van der Waals surface area contributed by atoms with Crippen LogP contribution in [0.1, 0.15) is 34.6 Å². The molecule has 3 heterocycles. The highest BCUT2D eigenvalue weighted by molar-refractivity contribution is 6.47. The number of piperidine rings is 1. The third-order valence-electron chi connectivity index (χ3n) is 5.51. The molecule has 1 fully saturated rings. The molecule has 2 aliphatic rings. The van der Waals surface area contributed by atoms with Crippen LogP contribution in [0.4, 0.5) is 0 Å². The number of carbonyl (C=O) groups excluding carboxylic acids is 1. The number of carboxylic acids is 1. The molecule has 0 unspecified atom stereocenters. The molecule has 2 aromatic rings. The number of hydrogen-bond donors (Lipinski definition) is 4. The minimum atomic E-state index is -1.35. The number of aromatic nitrogens is 4. The minimum Gasteiger partial charge on any atom is -0.534 e. The Hall–Kier alpha value is -2.99. The molecule has 0 saturated carbocycles. The van der Waals surface area contributed by atoms with Gasteiger partial charge in [0, 0.05) is 6.54 Å². The number of hydrogen-bond acceptors (Lipinski definition) is 8. The Bertz CT molecular complexity index is 932. The predicted octanol–water partition coefficient (Wildman–Crippen LogP) is -0.947. The summed E-state index contributed by atoms with van der Waals surface area (Å²) in [5.74, 6) is -1.13. The smallest absolute Gasteiger partial charge is 0.534 e. The molecule has 4 N–H and O–H groups in total. The Balaban J connectivity index is 1.39. The topological polar surface area (TPSA) is 151 Å². The molecular weight excluding hydrogens is 391 g/mol. The molecule has 0 bridgehead atoms. The quantitative estimate of drug-likeness (QED) is 0.439. The van der Waals surface area contributed by atoms with Gasteiger partial charge in [0.1, 0.15) is 5.75 Å². The Morgan fingerprint density at radius 3 is 2.90 bits per heavy atom. The van der Waals surface area contributed by atoms with E-state index in [2.05, 4.69) is 26.2 Å². The van der Waals surface area contributed by atoms with Crippen LogP contribution in [0.25, 0.3) is 0 Å². The van der Waals surface area contributed by atoms with Crippen molar-refractivity contribution in [2.75, 3.05) is 13.1 Å². The summed E-state index contributed by atoms with van der Waals surface area (Å²) in [6, 6.07) is 4.73. The molecule has 12 heteroatoms. The van der Waals surface area contributed by atoms with Crippen molar-refractivity contribution >= 4 is 19.0 Å². The number of benzene rings is 1. The van der Waals surface area contributed by atoms with E-state index in [0.29, 0.717) is 23.9 Å². The number of tetrazole rings is 1. The van der Waals surface area contributed by atoms with E-state index in [1.165, 1.54) is 6.07 Å². The highest BCUT2D eigenvalue weighted by atomic mass is 16.5. The number of rotatable bonds is 6.